The highest BCUT2D eigenvalue weighted by atomic mass is 32.1. The number of aromatic nitrogens is 4. The molecule has 0 amide bonds. The fraction of sp³-hybridized carbons (Fsp3) is 0.438. The largest absolute Gasteiger partial charge is 0.347 e. The molecule has 4 heterocycles. The van der Waals surface area contributed by atoms with Crippen LogP contribution in [0, 0.1) is 0 Å². The molecule has 6 nitrogen and oxygen atoms in total. The Morgan fingerprint density at radius 2 is 1.96 bits per heavy atom. The van der Waals surface area contributed by atoms with Gasteiger partial charge in [-0.2, -0.15) is 0 Å². The maximum Gasteiger partial charge on any atom is 0.193 e. The first kappa shape index (κ1) is 13.6. The number of nitrogens with zero attached hydrogens (tertiary/aromatic N) is 4. The summed E-state index contributed by atoms with van der Waals surface area (Å²) in [6, 6.07) is 8.16. The van der Waals surface area contributed by atoms with E-state index in [1.807, 2.05) is 18.2 Å². The topological polar surface area (TPSA) is 62.1 Å². The molecule has 0 bridgehead atoms. The van der Waals surface area contributed by atoms with E-state index in [-0.39, 0.29) is 0 Å². The summed E-state index contributed by atoms with van der Waals surface area (Å²) in [5.41, 5.74) is 1.01. The molecule has 2 aromatic heterocycles. The van der Waals surface area contributed by atoms with Crippen LogP contribution in [-0.2, 0) is 22.4 Å². The Labute approximate surface area is 137 Å². The second-order valence-electron chi connectivity index (χ2n) is 5.94. The molecule has 0 saturated carbocycles. The number of ether oxygens (including phenoxy) is 2. The van der Waals surface area contributed by atoms with E-state index in [2.05, 4.69) is 20.8 Å². The lowest BCUT2D eigenvalue weighted by Gasteiger charge is -2.24. The molecule has 0 aliphatic carbocycles. The minimum absolute atomic E-state index is 0.425. The number of para-hydroxylation sites is 1. The summed E-state index contributed by atoms with van der Waals surface area (Å²) in [7, 11) is 0. The highest BCUT2D eigenvalue weighted by Gasteiger charge is 2.39. The Bertz CT molecular complexity index is 833. The Morgan fingerprint density at radius 1 is 1.09 bits per heavy atom. The van der Waals surface area contributed by atoms with Crippen molar-refractivity contribution >= 4 is 21.6 Å². The second-order valence-corrected chi connectivity index (χ2v) is 6.97. The third kappa shape index (κ3) is 2.19. The lowest BCUT2D eigenvalue weighted by molar-refractivity contribution is -0.165. The van der Waals surface area contributed by atoms with Gasteiger partial charge in [0.15, 0.2) is 16.6 Å². The van der Waals surface area contributed by atoms with Gasteiger partial charge in [-0.25, -0.2) is 4.98 Å². The molecule has 1 spiro atoms. The maximum absolute atomic E-state index is 5.86. The molecule has 2 aliphatic heterocycles. The maximum atomic E-state index is 5.86. The number of benzene rings is 1. The molecular weight excluding hydrogens is 312 g/mol. The van der Waals surface area contributed by atoms with Crippen LogP contribution in [0.4, 0.5) is 0 Å². The van der Waals surface area contributed by atoms with Crippen LogP contribution in [0.15, 0.2) is 24.3 Å². The van der Waals surface area contributed by atoms with Gasteiger partial charge in [-0.3, -0.25) is 0 Å². The number of fused-ring (bicyclic) bond motifs is 2. The zero-order valence-corrected chi connectivity index (χ0v) is 13.4. The molecule has 1 fully saturated rings. The Balaban J connectivity index is 1.53. The first-order valence-corrected chi connectivity index (χ1v) is 8.71. The number of aryl methyl sites for hydroxylation is 1. The first-order valence-electron chi connectivity index (χ1n) is 7.89. The van der Waals surface area contributed by atoms with Crippen LogP contribution in [0.3, 0.4) is 0 Å². The predicted octanol–water partition coefficient (Wildman–Crippen LogP) is 2.63. The summed E-state index contributed by atoms with van der Waals surface area (Å²) in [5.74, 6) is 1.43. The van der Waals surface area contributed by atoms with Crippen molar-refractivity contribution in [3.05, 3.63) is 30.1 Å². The number of thiazole rings is 1. The molecule has 3 aromatic rings. The van der Waals surface area contributed by atoms with Crippen molar-refractivity contribution in [2.24, 2.45) is 0 Å². The van der Waals surface area contributed by atoms with E-state index in [4.69, 9.17) is 14.5 Å². The summed E-state index contributed by atoms with van der Waals surface area (Å²) in [6.07, 6.45) is 2.48. The van der Waals surface area contributed by atoms with Crippen molar-refractivity contribution in [1.82, 2.24) is 19.7 Å². The molecule has 0 N–H and O–H groups in total. The van der Waals surface area contributed by atoms with Crippen LogP contribution < -0.4 is 0 Å². The quantitative estimate of drug-likeness (QED) is 0.687. The van der Waals surface area contributed by atoms with Gasteiger partial charge in [0.05, 0.1) is 23.4 Å². The SMILES string of the molecule is c1ccc2sc(-c3nnc4n3CCC3(CC4)OCCO3)nc2c1. The third-order valence-electron chi connectivity index (χ3n) is 4.57. The molecule has 1 aromatic carbocycles. The molecule has 2 aliphatic rings. The van der Waals surface area contributed by atoms with Crippen LogP contribution in [0.25, 0.3) is 21.0 Å². The zero-order chi connectivity index (χ0) is 15.3. The minimum atomic E-state index is -0.425. The minimum Gasteiger partial charge on any atom is -0.347 e. The van der Waals surface area contributed by atoms with Gasteiger partial charge in [-0.1, -0.05) is 12.1 Å². The Morgan fingerprint density at radius 3 is 2.83 bits per heavy atom. The van der Waals surface area contributed by atoms with Gasteiger partial charge in [-0.15, -0.1) is 21.5 Å². The van der Waals surface area contributed by atoms with Gasteiger partial charge in [0.1, 0.15) is 5.82 Å². The van der Waals surface area contributed by atoms with Gasteiger partial charge in [0.2, 0.25) is 0 Å². The van der Waals surface area contributed by atoms with E-state index in [0.29, 0.717) is 13.2 Å². The molecule has 7 heteroatoms. The fourth-order valence-electron chi connectivity index (χ4n) is 3.38. The zero-order valence-electron chi connectivity index (χ0n) is 12.6. The molecular formula is C16H16N4O2S. The van der Waals surface area contributed by atoms with Gasteiger partial charge < -0.3 is 14.0 Å². The van der Waals surface area contributed by atoms with E-state index < -0.39 is 5.79 Å². The average Bonchev–Trinajstić information content (AvgIpc) is 3.26. The number of hydrogen-bond acceptors (Lipinski definition) is 6. The smallest absolute Gasteiger partial charge is 0.193 e. The summed E-state index contributed by atoms with van der Waals surface area (Å²) >= 11 is 1.66. The van der Waals surface area contributed by atoms with Gasteiger partial charge in [-0.05, 0) is 12.1 Å². The molecule has 0 radical (unpaired) electrons. The van der Waals surface area contributed by atoms with Gasteiger partial charge in [0.25, 0.3) is 0 Å². The normalized spacial score (nSPS) is 20.0. The second kappa shape index (κ2) is 5.09. The molecule has 1 saturated heterocycles. The first-order chi connectivity index (χ1) is 11.3. The van der Waals surface area contributed by atoms with Crippen LogP contribution in [0.1, 0.15) is 18.7 Å². The fourth-order valence-corrected chi connectivity index (χ4v) is 4.34. The highest BCUT2D eigenvalue weighted by molar-refractivity contribution is 7.21. The van der Waals surface area contributed by atoms with E-state index in [9.17, 15) is 0 Å². The summed E-state index contributed by atoms with van der Waals surface area (Å²) in [5, 5.41) is 9.71. The molecule has 118 valence electrons. The number of hydrogen-bond donors (Lipinski definition) is 0. The molecule has 0 unspecified atom stereocenters. The third-order valence-corrected chi connectivity index (χ3v) is 5.60. The van der Waals surface area contributed by atoms with Crippen molar-refractivity contribution in [3.63, 3.8) is 0 Å². The van der Waals surface area contributed by atoms with Crippen molar-refractivity contribution in [3.8, 4) is 10.8 Å². The van der Waals surface area contributed by atoms with E-state index in [0.717, 1.165) is 48.0 Å². The monoisotopic (exact) mass is 328 g/mol. The predicted molar refractivity (Wildman–Crippen MR) is 86.2 cm³/mol. The average molecular weight is 328 g/mol. The Hall–Kier alpha value is -1.83. The number of rotatable bonds is 1. The highest BCUT2D eigenvalue weighted by Crippen LogP contribution is 2.35. The summed E-state index contributed by atoms with van der Waals surface area (Å²) in [6.45, 7) is 2.17. The van der Waals surface area contributed by atoms with Crippen molar-refractivity contribution < 1.29 is 9.47 Å². The molecule has 23 heavy (non-hydrogen) atoms. The molecule has 5 rings (SSSR count). The van der Waals surface area contributed by atoms with E-state index in [1.54, 1.807) is 11.3 Å². The van der Waals surface area contributed by atoms with Crippen molar-refractivity contribution in [2.45, 2.75) is 31.6 Å². The van der Waals surface area contributed by atoms with Crippen LogP contribution >= 0.6 is 11.3 Å². The molecule has 0 atom stereocenters. The standard InChI is InChI=1S/C16H16N4O2S/c1-2-4-12-11(3-1)17-15(23-12)14-19-18-13-5-6-16(7-8-20(13)14)21-9-10-22-16/h1-4H,5-10H2. The van der Waals surface area contributed by atoms with E-state index in [1.165, 1.54) is 4.70 Å². The van der Waals surface area contributed by atoms with Crippen LogP contribution in [0.5, 0.6) is 0 Å². The van der Waals surface area contributed by atoms with E-state index >= 15 is 0 Å². The van der Waals surface area contributed by atoms with Crippen molar-refractivity contribution in [2.75, 3.05) is 13.2 Å². The lowest BCUT2D eigenvalue weighted by Crippen LogP contribution is -2.30. The van der Waals surface area contributed by atoms with Crippen LogP contribution in [-0.4, -0.2) is 38.7 Å². The summed E-state index contributed by atoms with van der Waals surface area (Å²) in [4.78, 5) is 4.72. The lowest BCUT2D eigenvalue weighted by atomic mass is 10.1. The van der Waals surface area contributed by atoms with Crippen LogP contribution in [0.2, 0.25) is 0 Å². The van der Waals surface area contributed by atoms with Gasteiger partial charge >= 0.3 is 0 Å². The van der Waals surface area contributed by atoms with Gasteiger partial charge in [0, 0.05) is 25.8 Å². The van der Waals surface area contributed by atoms with Crippen molar-refractivity contribution in [1.29, 1.82) is 0 Å². The summed E-state index contributed by atoms with van der Waals surface area (Å²) < 4.78 is 15.1. The Kier molecular flexibility index (Phi) is 3.01.